The lowest BCUT2D eigenvalue weighted by Crippen LogP contribution is -2.33. The van der Waals surface area contributed by atoms with Crippen LogP contribution in [-0.4, -0.2) is 25.2 Å². The van der Waals surface area contributed by atoms with E-state index in [1.165, 1.54) is 70.6 Å². The molecular weight excluding hydrogens is 388 g/mol. The monoisotopic (exact) mass is 436 g/mol. The third kappa shape index (κ3) is 13.6. The fourth-order valence-electron chi connectivity index (χ4n) is 4.18. The van der Waals surface area contributed by atoms with Gasteiger partial charge in [0.05, 0.1) is 25.0 Å². The minimum Gasteiger partial charge on any atom is -0.465 e. The average Bonchev–Trinajstić information content (AvgIpc) is 2.79. The van der Waals surface area contributed by atoms with E-state index in [4.69, 9.17) is 9.47 Å². The summed E-state index contributed by atoms with van der Waals surface area (Å²) in [5.74, 6) is -1.37. The number of allylic oxidation sites excluding steroid dienone is 1. The molecule has 4 nitrogen and oxygen atoms in total. The van der Waals surface area contributed by atoms with Gasteiger partial charge in [0.2, 0.25) is 0 Å². The number of carbonyl (C=O) groups excluding carboxylic acids is 2. The van der Waals surface area contributed by atoms with Gasteiger partial charge in [-0.25, -0.2) is 0 Å². The second-order valence-corrected chi connectivity index (χ2v) is 9.07. The van der Waals surface area contributed by atoms with Gasteiger partial charge >= 0.3 is 11.9 Å². The van der Waals surface area contributed by atoms with Crippen LogP contribution >= 0.6 is 0 Å². The van der Waals surface area contributed by atoms with E-state index in [0.717, 1.165) is 32.1 Å². The van der Waals surface area contributed by atoms with Gasteiger partial charge in [0.1, 0.15) is 0 Å². The average molecular weight is 437 g/mol. The van der Waals surface area contributed by atoms with Gasteiger partial charge in [-0.1, -0.05) is 109 Å². The molecule has 0 radical (unpaired) electrons. The molecule has 0 aromatic carbocycles. The molecule has 0 saturated heterocycles. The van der Waals surface area contributed by atoms with Crippen molar-refractivity contribution in [2.45, 2.75) is 123 Å². The molecule has 0 heterocycles. The van der Waals surface area contributed by atoms with Crippen molar-refractivity contribution in [2.24, 2.45) is 11.8 Å². The number of hydrogen-bond donors (Lipinski definition) is 0. The van der Waals surface area contributed by atoms with Crippen LogP contribution in [0.1, 0.15) is 123 Å². The summed E-state index contributed by atoms with van der Waals surface area (Å²) in [7, 11) is 0. The standard InChI is InChI=1S/C27H48O4/c1-3-5-7-9-11-12-13-15-19-23-31-27(29)25-21-17-16-20-24(25)26(28)30-22-18-14-10-8-6-4-2/h16,20,24-25H,3-15,17-19,21-23H2,1-2H3. The summed E-state index contributed by atoms with van der Waals surface area (Å²) >= 11 is 0. The zero-order valence-corrected chi connectivity index (χ0v) is 20.4. The summed E-state index contributed by atoms with van der Waals surface area (Å²) in [6.07, 6.45) is 23.4. The lowest BCUT2D eigenvalue weighted by atomic mass is 9.84. The van der Waals surface area contributed by atoms with E-state index in [2.05, 4.69) is 13.8 Å². The van der Waals surface area contributed by atoms with Crippen molar-refractivity contribution < 1.29 is 19.1 Å². The van der Waals surface area contributed by atoms with Gasteiger partial charge in [0.15, 0.2) is 0 Å². The van der Waals surface area contributed by atoms with Gasteiger partial charge in [-0.2, -0.15) is 0 Å². The van der Waals surface area contributed by atoms with Gasteiger partial charge in [0, 0.05) is 0 Å². The van der Waals surface area contributed by atoms with E-state index in [0.29, 0.717) is 19.6 Å². The molecule has 0 fully saturated rings. The van der Waals surface area contributed by atoms with Crippen molar-refractivity contribution >= 4 is 11.9 Å². The van der Waals surface area contributed by atoms with Crippen LogP contribution < -0.4 is 0 Å². The van der Waals surface area contributed by atoms with Crippen LogP contribution in [0.3, 0.4) is 0 Å². The van der Waals surface area contributed by atoms with Gasteiger partial charge in [-0.15, -0.1) is 0 Å². The van der Waals surface area contributed by atoms with Crippen LogP contribution in [0, 0.1) is 11.8 Å². The van der Waals surface area contributed by atoms with E-state index < -0.39 is 5.92 Å². The quantitative estimate of drug-likeness (QED) is 0.119. The Balaban J connectivity index is 2.17. The summed E-state index contributed by atoms with van der Waals surface area (Å²) < 4.78 is 11.0. The Morgan fingerprint density at radius 3 is 1.65 bits per heavy atom. The molecule has 0 amide bonds. The number of esters is 2. The van der Waals surface area contributed by atoms with Crippen molar-refractivity contribution in [3.63, 3.8) is 0 Å². The zero-order valence-electron chi connectivity index (χ0n) is 20.4. The highest BCUT2D eigenvalue weighted by atomic mass is 16.5. The predicted octanol–water partition coefficient (Wildman–Crippen LogP) is 7.55. The largest absolute Gasteiger partial charge is 0.465 e. The number of hydrogen-bond acceptors (Lipinski definition) is 4. The number of ether oxygens (including phenoxy) is 2. The predicted molar refractivity (Wildman–Crippen MR) is 128 cm³/mol. The normalized spacial score (nSPS) is 18.1. The number of carbonyl (C=O) groups is 2. The summed E-state index contributed by atoms with van der Waals surface area (Å²) in [6, 6.07) is 0. The maximum Gasteiger partial charge on any atom is 0.313 e. The molecule has 0 N–H and O–H groups in total. The maximum absolute atomic E-state index is 12.6. The summed E-state index contributed by atoms with van der Waals surface area (Å²) in [5, 5.41) is 0. The molecule has 0 spiro atoms. The molecular formula is C27H48O4. The first-order valence-corrected chi connectivity index (χ1v) is 13.2. The molecule has 31 heavy (non-hydrogen) atoms. The summed E-state index contributed by atoms with van der Waals surface area (Å²) in [4.78, 5) is 25.1. The Morgan fingerprint density at radius 1 is 0.677 bits per heavy atom. The SMILES string of the molecule is CCCCCCCCCCCOC(=O)C1CCC=CC1C(=O)OCCCCCCCC. The highest BCUT2D eigenvalue weighted by Crippen LogP contribution is 2.27. The molecule has 180 valence electrons. The van der Waals surface area contributed by atoms with Crippen molar-refractivity contribution in [3.8, 4) is 0 Å². The minimum atomic E-state index is -0.482. The van der Waals surface area contributed by atoms with E-state index in [9.17, 15) is 9.59 Å². The Bertz CT molecular complexity index is 486. The fourth-order valence-corrected chi connectivity index (χ4v) is 4.18. The molecule has 0 aromatic heterocycles. The molecule has 1 aliphatic carbocycles. The molecule has 2 unspecified atom stereocenters. The molecule has 1 aliphatic rings. The van der Waals surface area contributed by atoms with Crippen LogP contribution in [0.5, 0.6) is 0 Å². The number of rotatable bonds is 19. The third-order valence-corrected chi connectivity index (χ3v) is 6.23. The minimum absolute atomic E-state index is 0.231. The Hall–Kier alpha value is -1.32. The van der Waals surface area contributed by atoms with Crippen LogP contribution in [0.2, 0.25) is 0 Å². The lowest BCUT2D eigenvalue weighted by Gasteiger charge is -2.24. The van der Waals surface area contributed by atoms with Gasteiger partial charge < -0.3 is 9.47 Å². The molecule has 2 atom stereocenters. The first-order chi connectivity index (χ1) is 15.2. The lowest BCUT2D eigenvalue weighted by molar-refractivity contribution is -0.159. The second-order valence-electron chi connectivity index (χ2n) is 9.07. The first kappa shape index (κ1) is 27.7. The molecule has 0 aromatic rings. The van der Waals surface area contributed by atoms with Crippen molar-refractivity contribution in [1.29, 1.82) is 0 Å². The molecule has 0 bridgehead atoms. The van der Waals surface area contributed by atoms with Crippen molar-refractivity contribution in [1.82, 2.24) is 0 Å². The smallest absolute Gasteiger partial charge is 0.313 e. The first-order valence-electron chi connectivity index (χ1n) is 13.2. The fraction of sp³-hybridized carbons (Fsp3) is 0.852. The molecule has 1 rings (SSSR count). The topological polar surface area (TPSA) is 52.6 Å². The second kappa shape index (κ2) is 19.4. The van der Waals surface area contributed by atoms with E-state index in [1.807, 2.05) is 12.2 Å². The van der Waals surface area contributed by atoms with Crippen molar-refractivity contribution in [3.05, 3.63) is 12.2 Å². The zero-order chi connectivity index (χ0) is 22.6. The summed E-state index contributed by atoms with van der Waals surface area (Å²) in [5.41, 5.74) is 0. The Labute approximate surface area is 191 Å². The van der Waals surface area contributed by atoms with Crippen LogP contribution in [0.15, 0.2) is 12.2 Å². The third-order valence-electron chi connectivity index (χ3n) is 6.23. The van der Waals surface area contributed by atoms with E-state index >= 15 is 0 Å². The number of unbranched alkanes of at least 4 members (excludes halogenated alkanes) is 13. The van der Waals surface area contributed by atoms with E-state index in [-0.39, 0.29) is 17.9 Å². The van der Waals surface area contributed by atoms with E-state index in [1.54, 1.807) is 0 Å². The van der Waals surface area contributed by atoms with Gasteiger partial charge in [-0.3, -0.25) is 9.59 Å². The Morgan fingerprint density at radius 2 is 1.13 bits per heavy atom. The van der Waals surface area contributed by atoms with Crippen LogP contribution in [0.25, 0.3) is 0 Å². The van der Waals surface area contributed by atoms with Crippen molar-refractivity contribution in [2.75, 3.05) is 13.2 Å². The van der Waals surface area contributed by atoms with Crippen LogP contribution in [-0.2, 0) is 19.1 Å². The molecule has 0 aliphatic heterocycles. The Kier molecular flexibility index (Phi) is 17.3. The van der Waals surface area contributed by atoms with Gasteiger partial charge in [0.25, 0.3) is 0 Å². The van der Waals surface area contributed by atoms with Gasteiger partial charge in [-0.05, 0) is 25.7 Å². The highest BCUT2D eigenvalue weighted by molar-refractivity contribution is 5.83. The molecule has 0 saturated carbocycles. The highest BCUT2D eigenvalue weighted by Gasteiger charge is 2.35. The summed E-state index contributed by atoms with van der Waals surface area (Å²) in [6.45, 7) is 5.37. The van der Waals surface area contributed by atoms with Crippen LogP contribution in [0.4, 0.5) is 0 Å². The maximum atomic E-state index is 12.6. The molecule has 4 heteroatoms.